The van der Waals surface area contributed by atoms with Gasteiger partial charge >= 0.3 is 0 Å². The number of quaternary nitrogens is 1. The van der Waals surface area contributed by atoms with E-state index in [4.69, 9.17) is 27.9 Å². The standard InChI is InChI=1S/C20H23Cl2N3O4S/c21-16-5-6-18(22)19(14-16)24-30(27,28)17-4-1-3-15(13-17)20(26)23-7-2-8-25-9-11-29-12-10-25/h1,3-6,13-14,24H,2,7-12H2,(H,23,26)/p+1. The maximum Gasteiger partial charge on any atom is 0.261 e. The third kappa shape index (κ3) is 6.33. The molecule has 0 aliphatic carbocycles. The van der Waals surface area contributed by atoms with Crippen molar-refractivity contribution < 1.29 is 22.8 Å². The van der Waals surface area contributed by atoms with Crippen LogP contribution < -0.4 is 14.9 Å². The molecule has 0 saturated carbocycles. The summed E-state index contributed by atoms with van der Waals surface area (Å²) in [5.41, 5.74) is 0.443. The molecular formula is C20H24Cl2N3O4S+. The smallest absolute Gasteiger partial charge is 0.261 e. The summed E-state index contributed by atoms with van der Waals surface area (Å²) in [6.45, 7) is 5.00. The van der Waals surface area contributed by atoms with Crippen LogP contribution in [0.15, 0.2) is 47.4 Å². The van der Waals surface area contributed by atoms with Gasteiger partial charge in [0.1, 0.15) is 13.1 Å². The van der Waals surface area contributed by atoms with Crippen molar-refractivity contribution in [2.24, 2.45) is 0 Å². The third-order valence-electron chi connectivity index (χ3n) is 4.77. The molecule has 1 saturated heterocycles. The van der Waals surface area contributed by atoms with Crippen molar-refractivity contribution in [3.05, 3.63) is 58.1 Å². The van der Waals surface area contributed by atoms with E-state index in [-0.39, 0.29) is 27.1 Å². The highest BCUT2D eigenvalue weighted by molar-refractivity contribution is 7.92. The lowest BCUT2D eigenvalue weighted by molar-refractivity contribution is -0.908. The minimum absolute atomic E-state index is 0.0380. The molecule has 10 heteroatoms. The van der Waals surface area contributed by atoms with E-state index in [9.17, 15) is 13.2 Å². The van der Waals surface area contributed by atoms with Crippen molar-refractivity contribution in [3.63, 3.8) is 0 Å². The quantitative estimate of drug-likeness (QED) is 0.511. The number of anilines is 1. The Morgan fingerprint density at radius 3 is 2.63 bits per heavy atom. The van der Waals surface area contributed by atoms with Crippen molar-refractivity contribution in [2.75, 3.05) is 44.1 Å². The van der Waals surface area contributed by atoms with Gasteiger partial charge in [-0.25, -0.2) is 8.42 Å². The summed E-state index contributed by atoms with van der Waals surface area (Å²) < 4.78 is 33.2. The van der Waals surface area contributed by atoms with Gasteiger partial charge < -0.3 is 15.0 Å². The molecule has 1 fully saturated rings. The van der Waals surface area contributed by atoms with Crippen molar-refractivity contribution in [1.82, 2.24) is 5.32 Å². The molecule has 3 N–H and O–H groups in total. The van der Waals surface area contributed by atoms with Gasteiger partial charge in [0.25, 0.3) is 15.9 Å². The molecule has 7 nitrogen and oxygen atoms in total. The predicted molar refractivity (Wildman–Crippen MR) is 117 cm³/mol. The number of hydrogen-bond acceptors (Lipinski definition) is 4. The van der Waals surface area contributed by atoms with Crippen LogP contribution in [0.2, 0.25) is 10.0 Å². The van der Waals surface area contributed by atoms with Crippen LogP contribution >= 0.6 is 23.2 Å². The zero-order valence-electron chi connectivity index (χ0n) is 16.3. The molecular weight excluding hydrogens is 449 g/mol. The van der Waals surface area contributed by atoms with Gasteiger partial charge in [0.05, 0.1) is 35.4 Å². The maximum atomic E-state index is 12.7. The van der Waals surface area contributed by atoms with E-state index < -0.39 is 10.0 Å². The molecule has 0 radical (unpaired) electrons. The van der Waals surface area contributed by atoms with Crippen LogP contribution in [0, 0.1) is 0 Å². The van der Waals surface area contributed by atoms with Crippen LogP contribution in [-0.4, -0.2) is 53.7 Å². The van der Waals surface area contributed by atoms with Gasteiger partial charge in [0.2, 0.25) is 0 Å². The Balaban J connectivity index is 1.60. The molecule has 2 aromatic rings. The summed E-state index contributed by atoms with van der Waals surface area (Å²) in [7, 11) is -3.94. The molecule has 3 rings (SSSR count). The summed E-state index contributed by atoms with van der Waals surface area (Å²) in [5.74, 6) is -0.315. The zero-order chi connectivity index (χ0) is 21.6. The van der Waals surface area contributed by atoms with E-state index >= 15 is 0 Å². The van der Waals surface area contributed by atoms with E-state index in [1.165, 1.54) is 35.2 Å². The van der Waals surface area contributed by atoms with Crippen LogP contribution in [0.3, 0.4) is 0 Å². The number of carbonyl (C=O) groups excluding carboxylic acids is 1. The van der Waals surface area contributed by atoms with Gasteiger partial charge in [0.15, 0.2) is 0 Å². The minimum Gasteiger partial charge on any atom is -0.370 e. The van der Waals surface area contributed by atoms with Gasteiger partial charge in [-0.15, -0.1) is 0 Å². The molecule has 1 aliphatic rings. The SMILES string of the molecule is O=C(NCCC[NH+]1CCOCC1)c1cccc(S(=O)(=O)Nc2cc(Cl)ccc2Cl)c1. The van der Waals surface area contributed by atoms with E-state index in [2.05, 4.69) is 10.0 Å². The average molecular weight is 473 g/mol. The topological polar surface area (TPSA) is 88.9 Å². The first-order chi connectivity index (χ1) is 14.3. The molecule has 0 aromatic heterocycles. The lowest BCUT2D eigenvalue weighted by Gasteiger charge is -2.23. The van der Waals surface area contributed by atoms with E-state index in [0.717, 1.165) is 39.3 Å². The molecule has 2 aromatic carbocycles. The number of nitrogens with one attached hydrogen (secondary N) is 3. The van der Waals surface area contributed by atoms with Crippen molar-refractivity contribution >= 4 is 44.8 Å². The van der Waals surface area contributed by atoms with Gasteiger partial charge in [-0.05, 0) is 36.4 Å². The highest BCUT2D eigenvalue weighted by Gasteiger charge is 2.18. The second-order valence-electron chi connectivity index (χ2n) is 6.98. The van der Waals surface area contributed by atoms with E-state index in [1.807, 2.05) is 0 Å². The van der Waals surface area contributed by atoms with Gasteiger partial charge in [-0.3, -0.25) is 9.52 Å². The number of halogens is 2. The van der Waals surface area contributed by atoms with Crippen LogP contribution in [-0.2, 0) is 14.8 Å². The predicted octanol–water partition coefficient (Wildman–Crippen LogP) is 1.83. The summed E-state index contributed by atoms with van der Waals surface area (Å²) in [5, 5.41) is 3.42. The molecule has 1 heterocycles. The summed E-state index contributed by atoms with van der Waals surface area (Å²) >= 11 is 12.0. The number of sulfonamides is 1. The summed E-state index contributed by atoms with van der Waals surface area (Å²) in [6, 6.07) is 10.4. The number of ether oxygens (including phenoxy) is 1. The Hall–Kier alpha value is -1.84. The minimum atomic E-state index is -3.94. The van der Waals surface area contributed by atoms with Crippen molar-refractivity contribution in [2.45, 2.75) is 11.3 Å². The van der Waals surface area contributed by atoms with Crippen molar-refractivity contribution in [1.29, 1.82) is 0 Å². The Labute approximate surface area is 186 Å². The van der Waals surface area contributed by atoms with Gasteiger partial charge in [-0.2, -0.15) is 0 Å². The van der Waals surface area contributed by atoms with Gasteiger partial charge in [-0.1, -0.05) is 29.3 Å². The fourth-order valence-electron chi connectivity index (χ4n) is 3.14. The largest absolute Gasteiger partial charge is 0.370 e. The van der Waals surface area contributed by atoms with Crippen LogP contribution in [0.1, 0.15) is 16.8 Å². The molecule has 30 heavy (non-hydrogen) atoms. The Morgan fingerprint density at radius 2 is 1.87 bits per heavy atom. The number of carbonyl (C=O) groups is 1. The lowest BCUT2D eigenvalue weighted by atomic mass is 10.2. The van der Waals surface area contributed by atoms with E-state index in [0.29, 0.717) is 11.6 Å². The Bertz CT molecular complexity index is 995. The molecule has 0 unspecified atom stereocenters. The molecule has 0 spiro atoms. The number of rotatable bonds is 8. The second-order valence-corrected chi connectivity index (χ2v) is 9.51. The fraction of sp³-hybridized carbons (Fsp3) is 0.350. The highest BCUT2D eigenvalue weighted by atomic mass is 35.5. The fourth-order valence-corrected chi connectivity index (χ4v) is 4.65. The Kier molecular flexibility index (Phi) is 7.96. The normalized spacial score (nSPS) is 15.0. The monoisotopic (exact) mass is 472 g/mol. The second kappa shape index (κ2) is 10.5. The molecule has 0 atom stereocenters. The third-order valence-corrected chi connectivity index (χ3v) is 6.70. The molecule has 0 bridgehead atoms. The Morgan fingerprint density at radius 1 is 1.10 bits per heavy atom. The first-order valence-corrected chi connectivity index (χ1v) is 11.9. The summed E-state index contributed by atoms with van der Waals surface area (Å²) in [6.07, 6.45) is 0.841. The van der Waals surface area contributed by atoms with Crippen LogP contribution in [0.25, 0.3) is 0 Å². The maximum absolute atomic E-state index is 12.7. The van der Waals surface area contributed by atoms with Crippen LogP contribution in [0.4, 0.5) is 5.69 Å². The number of benzene rings is 2. The number of morpholine rings is 1. The number of hydrogen-bond donors (Lipinski definition) is 3. The van der Waals surface area contributed by atoms with E-state index in [1.54, 1.807) is 12.1 Å². The molecule has 162 valence electrons. The first kappa shape index (κ1) is 22.8. The van der Waals surface area contributed by atoms with Gasteiger partial charge in [0, 0.05) is 23.6 Å². The van der Waals surface area contributed by atoms with Crippen molar-refractivity contribution in [3.8, 4) is 0 Å². The summed E-state index contributed by atoms with van der Waals surface area (Å²) in [4.78, 5) is 13.9. The zero-order valence-corrected chi connectivity index (χ0v) is 18.6. The number of amides is 1. The molecule has 1 aliphatic heterocycles. The van der Waals surface area contributed by atoms with Crippen LogP contribution in [0.5, 0.6) is 0 Å². The average Bonchev–Trinajstić information content (AvgIpc) is 2.74. The lowest BCUT2D eigenvalue weighted by Crippen LogP contribution is -3.14. The first-order valence-electron chi connectivity index (χ1n) is 9.62. The highest BCUT2D eigenvalue weighted by Crippen LogP contribution is 2.27. The molecule has 1 amide bonds.